The van der Waals surface area contributed by atoms with Crippen LogP contribution < -0.4 is 11.2 Å². The fraction of sp³-hybridized carbons (Fsp3) is 0.818. The number of rotatable bonds is 15. The summed E-state index contributed by atoms with van der Waals surface area (Å²) in [5.41, 5.74) is -1.10. The summed E-state index contributed by atoms with van der Waals surface area (Å²) in [7, 11) is 0. The third-order valence-corrected chi connectivity index (χ3v) is 5.73. The zero-order valence-corrected chi connectivity index (χ0v) is 18.5. The molecule has 9 heteroatoms. The summed E-state index contributed by atoms with van der Waals surface area (Å²) in [6.45, 7) is 2.27. The number of aromatic nitrogens is 2. The standard InChI is InChI=1S/C22H38N2O7/c1-2-3-4-5-6-7-8-9-10-11-12-30-15-16-13-24(22(29)23-20(16)28)21-19(27)18(26)17(14-25)31-21/h13,17-19,21,25-27H,2-12,14-15H2,1H3,(H,23,28,29)/t17-,18-,19-,21-/m1/s1. The maximum absolute atomic E-state index is 12.1. The van der Waals surface area contributed by atoms with Gasteiger partial charge in [-0.15, -0.1) is 0 Å². The summed E-state index contributed by atoms with van der Waals surface area (Å²) < 4.78 is 12.0. The Balaban J connectivity index is 1.72. The molecule has 0 amide bonds. The van der Waals surface area contributed by atoms with Gasteiger partial charge in [-0.05, 0) is 6.42 Å². The van der Waals surface area contributed by atoms with Crippen molar-refractivity contribution in [1.29, 1.82) is 0 Å². The number of aliphatic hydroxyl groups excluding tert-OH is 3. The van der Waals surface area contributed by atoms with Crippen LogP contribution in [0.1, 0.15) is 82.9 Å². The van der Waals surface area contributed by atoms with E-state index in [4.69, 9.17) is 9.47 Å². The summed E-state index contributed by atoms with van der Waals surface area (Å²) in [6, 6.07) is 0. The van der Waals surface area contributed by atoms with E-state index in [0.29, 0.717) is 6.61 Å². The van der Waals surface area contributed by atoms with Gasteiger partial charge in [0.1, 0.15) is 18.3 Å². The van der Waals surface area contributed by atoms with Crippen molar-refractivity contribution < 1.29 is 24.8 Å². The molecule has 1 saturated heterocycles. The van der Waals surface area contributed by atoms with Gasteiger partial charge < -0.3 is 24.8 Å². The van der Waals surface area contributed by atoms with E-state index in [1.54, 1.807) is 0 Å². The van der Waals surface area contributed by atoms with Crippen molar-refractivity contribution in [3.8, 4) is 0 Å². The Labute approximate surface area is 183 Å². The third-order valence-electron chi connectivity index (χ3n) is 5.73. The zero-order chi connectivity index (χ0) is 22.6. The van der Waals surface area contributed by atoms with Crippen LogP contribution in [-0.4, -0.2) is 56.4 Å². The molecule has 4 atom stereocenters. The van der Waals surface area contributed by atoms with Crippen LogP contribution in [0, 0.1) is 0 Å². The highest BCUT2D eigenvalue weighted by molar-refractivity contribution is 5.05. The first-order chi connectivity index (χ1) is 15.0. The summed E-state index contributed by atoms with van der Waals surface area (Å²) in [5.74, 6) is 0. The Bertz CT molecular complexity index is 748. The first-order valence-electron chi connectivity index (χ1n) is 11.5. The molecule has 1 aliphatic rings. The monoisotopic (exact) mass is 442 g/mol. The highest BCUT2D eigenvalue weighted by Crippen LogP contribution is 2.28. The highest BCUT2D eigenvalue weighted by atomic mass is 16.6. The van der Waals surface area contributed by atoms with E-state index in [-0.39, 0.29) is 12.2 Å². The average Bonchev–Trinajstić information content (AvgIpc) is 3.04. The molecular weight excluding hydrogens is 404 g/mol. The normalized spacial score (nSPS) is 23.5. The highest BCUT2D eigenvalue weighted by Gasteiger charge is 2.43. The fourth-order valence-electron chi connectivity index (χ4n) is 3.80. The molecule has 0 saturated carbocycles. The molecule has 4 N–H and O–H groups in total. The largest absolute Gasteiger partial charge is 0.394 e. The van der Waals surface area contributed by atoms with Gasteiger partial charge in [0.15, 0.2) is 6.23 Å². The van der Waals surface area contributed by atoms with Crippen molar-refractivity contribution in [2.45, 2.75) is 102 Å². The molecule has 0 spiro atoms. The Kier molecular flexibility index (Phi) is 11.5. The molecule has 178 valence electrons. The minimum absolute atomic E-state index is 0.0296. The summed E-state index contributed by atoms with van der Waals surface area (Å²) >= 11 is 0. The molecule has 31 heavy (non-hydrogen) atoms. The minimum Gasteiger partial charge on any atom is -0.394 e. The van der Waals surface area contributed by atoms with E-state index < -0.39 is 42.4 Å². The summed E-state index contributed by atoms with van der Waals surface area (Å²) in [6.07, 6.45) is 8.60. The number of hydrogen-bond acceptors (Lipinski definition) is 7. The maximum Gasteiger partial charge on any atom is 0.330 e. The number of nitrogens with zero attached hydrogens (tertiary/aromatic N) is 1. The Hall–Kier alpha value is -1.52. The van der Waals surface area contributed by atoms with Crippen LogP contribution >= 0.6 is 0 Å². The lowest BCUT2D eigenvalue weighted by molar-refractivity contribution is -0.0553. The molecule has 0 bridgehead atoms. The predicted molar refractivity (Wildman–Crippen MR) is 116 cm³/mol. The number of H-pyrrole nitrogens is 1. The van der Waals surface area contributed by atoms with Crippen LogP contribution in [0.4, 0.5) is 0 Å². The van der Waals surface area contributed by atoms with Gasteiger partial charge in [-0.25, -0.2) is 4.79 Å². The van der Waals surface area contributed by atoms with Gasteiger partial charge in [0.25, 0.3) is 5.56 Å². The molecule has 1 aromatic heterocycles. The van der Waals surface area contributed by atoms with E-state index in [1.807, 2.05) is 0 Å². The van der Waals surface area contributed by atoms with E-state index in [1.165, 1.54) is 57.6 Å². The number of aromatic amines is 1. The molecule has 1 aromatic rings. The van der Waals surface area contributed by atoms with Crippen LogP contribution in [0.5, 0.6) is 0 Å². The molecule has 0 aliphatic carbocycles. The Morgan fingerprint density at radius 2 is 1.61 bits per heavy atom. The van der Waals surface area contributed by atoms with Crippen molar-refractivity contribution in [2.24, 2.45) is 0 Å². The molecule has 2 heterocycles. The van der Waals surface area contributed by atoms with Crippen LogP contribution in [0.15, 0.2) is 15.8 Å². The molecule has 0 aromatic carbocycles. The van der Waals surface area contributed by atoms with Crippen molar-refractivity contribution in [1.82, 2.24) is 9.55 Å². The number of unbranched alkanes of at least 4 members (excludes halogenated alkanes) is 9. The Morgan fingerprint density at radius 1 is 1.00 bits per heavy atom. The number of aliphatic hydroxyl groups is 3. The summed E-state index contributed by atoms with van der Waals surface area (Å²) in [4.78, 5) is 26.4. The van der Waals surface area contributed by atoms with Gasteiger partial charge in [0.05, 0.1) is 18.8 Å². The second-order valence-electron chi connectivity index (χ2n) is 8.28. The minimum atomic E-state index is -1.40. The lowest BCUT2D eigenvalue weighted by Gasteiger charge is -2.18. The lowest BCUT2D eigenvalue weighted by atomic mass is 10.1. The van der Waals surface area contributed by atoms with Gasteiger partial charge in [-0.1, -0.05) is 64.7 Å². The van der Waals surface area contributed by atoms with Gasteiger partial charge in [-0.3, -0.25) is 14.3 Å². The number of hydrogen-bond donors (Lipinski definition) is 4. The fourth-order valence-corrected chi connectivity index (χ4v) is 3.80. The number of ether oxygens (including phenoxy) is 2. The maximum atomic E-state index is 12.1. The lowest BCUT2D eigenvalue weighted by Crippen LogP contribution is -2.39. The topological polar surface area (TPSA) is 134 Å². The van der Waals surface area contributed by atoms with Crippen molar-refractivity contribution in [3.63, 3.8) is 0 Å². The van der Waals surface area contributed by atoms with E-state index in [0.717, 1.165) is 17.4 Å². The second-order valence-corrected chi connectivity index (χ2v) is 8.28. The second kappa shape index (κ2) is 13.8. The summed E-state index contributed by atoms with van der Waals surface area (Å²) in [5, 5.41) is 29.2. The molecular formula is C22H38N2O7. The van der Waals surface area contributed by atoms with Crippen LogP contribution in [0.2, 0.25) is 0 Å². The van der Waals surface area contributed by atoms with Gasteiger partial charge >= 0.3 is 5.69 Å². The van der Waals surface area contributed by atoms with E-state index in [2.05, 4.69) is 11.9 Å². The first-order valence-corrected chi connectivity index (χ1v) is 11.5. The molecule has 1 fully saturated rings. The van der Waals surface area contributed by atoms with E-state index in [9.17, 15) is 24.9 Å². The van der Waals surface area contributed by atoms with Crippen molar-refractivity contribution >= 4 is 0 Å². The van der Waals surface area contributed by atoms with Crippen LogP contribution in [-0.2, 0) is 16.1 Å². The molecule has 0 radical (unpaired) electrons. The van der Waals surface area contributed by atoms with Crippen LogP contribution in [0.25, 0.3) is 0 Å². The molecule has 2 rings (SSSR count). The van der Waals surface area contributed by atoms with Crippen LogP contribution in [0.3, 0.4) is 0 Å². The van der Waals surface area contributed by atoms with Crippen molar-refractivity contribution in [3.05, 3.63) is 32.6 Å². The first kappa shape index (κ1) is 25.7. The van der Waals surface area contributed by atoms with E-state index >= 15 is 0 Å². The smallest absolute Gasteiger partial charge is 0.330 e. The van der Waals surface area contributed by atoms with Gasteiger partial charge in [-0.2, -0.15) is 0 Å². The average molecular weight is 443 g/mol. The van der Waals surface area contributed by atoms with Crippen molar-refractivity contribution in [2.75, 3.05) is 13.2 Å². The Morgan fingerprint density at radius 3 is 2.19 bits per heavy atom. The molecule has 9 nitrogen and oxygen atoms in total. The molecule has 0 unspecified atom stereocenters. The van der Waals surface area contributed by atoms with Gasteiger partial charge in [0, 0.05) is 12.8 Å². The number of nitrogens with one attached hydrogen (secondary N) is 1. The molecule has 1 aliphatic heterocycles. The van der Waals surface area contributed by atoms with Gasteiger partial charge in [0.2, 0.25) is 0 Å². The third kappa shape index (κ3) is 7.84. The quantitative estimate of drug-likeness (QED) is 0.303. The predicted octanol–water partition coefficient (Wildman–Crippen LogP) is 1.59. The zero-order valence-electron chi connectivity index (χ0n) is 18.5. The SMILES string of the molecule is CCCCCCCCCCCCOCc1cn([C@@H]2O[C@H](CO)[C@@H](O)[C@H]2O)c(=O)[nH]c1=O.